The fourth-order valence-electron chi connectivity index (χ4n) is 3.10. The van der Waals surface area contributed by atoms with Gasteiger partial charge in [-0.3, -0.25) is 9.59 Å². The summed E-state index contributed by atoms with van der Waals surface area (Å²) in [6, 6.07) is 13.2. The minimum absolute atomic E-state index is 0.138. The third kappa shape index (κ3) is 4.94. The van der Waals surface area contributed by atoms with E-state index in [4.69, 9.17) is 5.11 Å². The van der Waals surface area contributed by atoms with Crippen molar-refractivity contribution in [3.05, 3.63) is 65.2 Å². The predicted molar refractivity (Wildman–Crippen MR) is 102 cm³/mol. The molecule has 2 N–H and O–H groups in total. The number of hydrogen-bond acceptors (Lipinski definition) is 3. The highest BCUT2D eigenvalue weighted by Gasteiger charge is 2.17. The Kier molecular flexibility index (Phi) is 5.86. The fourth-order valence-corrected chi connectivity index (χ4v) is 3.10. The summed E-state index contributed by atoms with van der Waals surface area (Å²) in [5.41, 5.74) is 2.22. The van der Waals surface area contributed by atoms with Crippen LogP contribution in [0.1, 0.15) is 45.5 Å². The van der Waals surface area contributed by atoms with E-state index in [0.717, 1.165) is 31.5 Å². The molecule has 27 heavy (non-hydrogen) atoms. The number of carboxylic acid groups (broad SMARTS) is 1. The molecule has 1 saturated heterocycles. The van der Waals surface area contributed by atoms with Crippen molar-refractivity contribution in [1.82, 2.24) is 4.90 Å². The zero-order valence-electron chi connectivity index (χ0n) is 15.0. The molecule has 0 atom stereocenters. The summed E-state index contributed by atoms with van der Waals surface area (Å²) in [5, 5.41) is 11.7. The molecule has 1 aliphatic heterocycles. The molecule has 2 aromatic carbocycles. The summed E-state index contributed by atoms with van der Waals surface area (Å²) in [6.07, 6.45) is 3.38. The van der Waals surface area contributed by atoms with E-state index < -0.39 is 5.97 Å². The molecule has 0 radical (unpaired) electrons. The second-order valence-corrected chi connectivity index (χ2v) is 6.62. The third-order valence-corrected chi connectivity index (χ3v) is 4.69. The molecule has 2 amide bonds. The van der Waals surface area contributed by atoms with Crippen LogP contribution in [0.4, 0.5) is 5.69 Å². The molecule has 0 bridgehead atoms. The van der Waals surface area contributed by atoms with Crippen LogP contribution < -0.4 is 5.32 Å². The van der Waals surface area contributed by atoms with Gasteiger partial charge >= 0.3 is 5.97 Å². The van der Waals surface area contributed by atoms with Crippen molar-refractivity contribution >= 4 is 23.5 Å². The van der Waals surface area contributed by atoms with Crippen LogP contribution in [0.15, 0.2) is 48.5 Å². The summed E-state index contributed by atoms with van der Waals surface area (Å²) in [6.45, 7) is 1.74. The largest absolute Gasteiger partial charge is 0.478 e. The molecule has 1 aliphatic rings. The first-order valence-corrected chi connectivity index (χ1v) is 9.04. The SMILES string of the molecule is O=C(O)c1ccc(C(=O)Nc2ccc(CCC(=O)N3CCCC3)cc2)cc1. The van der Waals surface area contributed by atoms with Gasteiger partial charge in [0.05, 0.1) is 5.56 Å². The van der Waals surface area contributed by atoms with Crippen molar-refractivity contribution in [2.45, 2.75) is 25.7 Å². The topological polar surface area (TPSA) is 86.7 Å². The summed E-state index contributed by atoms with van der Waals surface area (Å²) in [4.78, 5) is 37.1. The average molecular weight is 366 g/mol. The Balaban J connectivity index is 1.53. The van der Waals surface area contributed by atoms with Crippen LogP contribution in [0.3, 0.4) is 0 Å². The predicted octanol–water partition coefficient (Wildman–Crippen LogP) is 3.19. The lowest BCUT2D eigenvalue weighted by Crippen LogP contribution is -2.27. The molecular formula is C21H22N2O4. The average Bonchev–Trinajstić information content (AvgIpc) is 3.22. The van der Waals surface area contributed by atoms with E-state index in [2.05, 4.69) is 5.32 Å². The normalized spacial score (nSPS) is 13.4. The number of nitrogens with zero attached hydrogens (tertiary/aromatic N) is 1. The number of rotatable bonds is 6. The van der Waals surface area contributed by atoms with Gasteiger partial charge in [0.15, 0.2) is 0 Å². The first-order valence-electron chi connectivity index (χ1n) is 9.04. The lowest BCUT2D eigenvalue weighted by molar-refractivity contribution is -0.130. The number of benzene rings is 2. The molecule has 140 valence electrons. The van der Waals surface area contributed by atoms with Crippen molar-refractivity contribution in [3.8, 4) is 0 Å². The van der Waals surface area contributed by atoms with E-state index in [0.29, 0.717) is 24.1 Å². The highest BCUT2D eigenvalue weighted by molar-refractivity contribution is 6.04. The Bertz CT molecular complexity index is 822. The van der Waals surface area contributed by atoms with Gasteiger partial charge in [0, 0.05) is 30.8 Å². The minimum Gasteiger partial charge on any atom is -0.478 e. The van der Waals surface area contributed by atoms with E-state index in [1.54, 1.807) is 12.1 Å². The summed E-state index contributed by atoms with van der Waals surface area (Å²) in [7, 11) is 0. The quantitative estimate of drug-likeness (QED) is 0.822. The number of hydrogen-bond donors (Lipinski definition) is 2. The van der Waals surface area contributed by atoms with Gasteiger partial charge in [-0.25, -0.2) is 4.79 Å². The first kappa shape index (κ1) is 18.6. The molecule has 0 spiro atoms. The van der Waals surface area contributed by atoms with Gasteiger partial charge in [0.2, 0.25) is 5.91 Å². The van der Waals surface area contributed by atoms with Crippen LogP contribution in [-0.2, 0) is 11.2 Å². The van der Waals surface area contributed by atoms with E-state index in [1.165, 1.54) is 24.3 Å². The number of aryl methyl sites for hydroxylation is 1. The Morgan fingerprint density at radius 2 is 1.48 bits per heavy atom. The van der Waals surface area contributed by atoms with Crippen molar-refractivity contribution in [2.75, 3.05) is 18.4 Å². The van der Waals surface area contributed by atoms with Gasteiger partial charge in [0.1, 0.15) is 0 Å². The van der Waals surface area contributed by atoms with Gasteiger partial charge in [-0.05, 0) is 61.2 Å². The first-order chi connectivity index (χ1) is 13.0. The zero-order chi connectivity index (χ0) is 19.2. The second-order valence-electron chi connectivity index (χ2n) is 6.62. The minimum atomic E-state index is -1.03. The van der Waals surface area contributed by atoms with Crippen LogP contribution >= 0.6 is 0 Å². The summed E-state index contributed by atoms with van der Waals surface area (Å²) in [5.74, 6) is -1.13. The van der Waals surface area contributed by atoms with Crippen molar-refractivity contribution in [1.29, 1.82) is 0 Å². The number of likely N-dealkylation sites (tertiary alicyclic amines) is 1. The van der Waals surface area contributed by atoms with Crippen LogP contribution in [-0.4, -0.2) is 40.9 Å². The van der Waals surface area contributed by atoms with E-state index >= 15 is 0 Å². The zero-order valence-corrected chi connectivity index (χ0v) is 15.0. The standard InChI is InChI=1S/C21H22N2O4/c24-19(23-13-1-2-14-23)12-5-15-3-10-18(11-4-15)22-20(25)16-6-8-17(9-7-16)21(26)27/h3-4,6-11H,1-2,5,12-14H2,(H,22,25)(H,26,27). The molecule has 2 aromatic rings. The van der Waals surface area contributed by atoms with Gasteiger partial charge in [0.25, 0.3) is 5.91 Å². The van der Waals surface area contributed by atoms with Crippen LogP contribution in [0, 0.1) is 0 Å². The fraction of sp³-hybridized carbons (Fsp3) is 0.286. The van der Waals surface area contributed by atoms with Crippen molar-refractivity contribution in [3.63, 3.8) is 0 Å². The Labute approximate surface area is 157 Å². The molecule has 6 nitrogen and oxygen atoms in total. The second kappa shape index (κ2) is 8.49. The number of carbonyl (C=O) groups excluding carboxylic acids is 2. The number of anilines is 1. The molecule has 6 heteroatoms. The van der Waals surface area contributed by atoms with Gasteiger partial charge < -0.3 is 15.3 Å². The van der Waals surface area contributed by atoms with E-state index in [9.17, 15) is 14.4 Å². The maximum absolute atomic E-state index is 12.2. The molecular weight excluding hydrogens is 344 g/mol. The van der Waals surface area contributed by atoms with E-state index in [-0.39, 0.29) is 17.4 Å². The van der Waals surface area contributed by atoms with E-state index in [1.807, 2.05) is 17.0 Å². The summed E-state index contributed by atoms with van der Waals surface area (Å²) < 4.78 is 0. The molecule has 0 saturated carbocycles. The Morgan fingerprint density at radius 3 is 2.07 bits per heavy atom. The smallest absolute Gasteiger partial charge is 0.335 e. The third-order valence-electron chi connectivity index (χ3n) is 4.69. The monoisotopic (exact) mass is 366 g/mol. The summed E-state index contributed by atoms with van der Waals surface area (Å²) >= 11 is 0. The molecule has 0 aliphatic carbocycles. The molecule has 0 unspecified atom stereocenters. The number of carboxylic acids is 1. The van der Waals surface area contributed by atoms with Crippen LogP contribution in [0.5, 0.6) is 0 Å². The highest BCUT2D eigenvalue weighted by Crippen LogP contribution is 2.15. The van der Waals surface area contributed by atoms with Gasteiger partial charge in [-0.15, -0.1) is 0 Å². The van der Waals surface area contributed by atoms with Crippen molar-refractivity contribution < 1.29 is 19.5 Å². The number of carbonyl (C=O) groups is 3. The number of amides is 2. The number of aromatic carboxylic acids is 1. The van der Waals surface area contributed by atoms with Gasteiger partial charge in [-0.1, -0.05) is 12.1 Å². The van der Waals surface area contributed by atoms with Crippen LogP contribution in [0.2, 0.25) is 0 Å². The Hall–Kier alpha value is -3.15. The van der Waals surface area contributed by atoms with Crippen LogP contribution in [0.25, 0.3) is 0 Å². The lowest BCUT2D eigenvalue weighted by Gasteiger charge is -2.15. The molecule has 1 fully saturated rings. The maximum atomic E-state index is 12.2. The number of nitrogens with one attached hydrogen (secondary N) is 1. The Morgan fingerprint density at radius 1 is 0.889 bits per heavy atom. The van der Waals surface area contributed by atoms with Crippen molar-refractivity contribution in [2.24, 2.45) is 0 Å². The molecule has 0 aromatic heterocycles. The highest BCUT2D eigenvalue weighted by atomic mass is 16.4. The molecule has 1 heterocycles. The maximum Gasteiger partial charge on any atom is 0.335 e. The molecule has 3 rings (SSSR count). The van der Waals surface area contributed by atoms with Gasteiger partial charge in [-0.2, -0.15) is 0 Å². The lowest BCUT2D eigenvalue weighted by atomic mass is 10.1.